The van der Waals surface area contributed by atoms with Crippen LogP contribution in [-0.2, 0) is 0 Å². The third kappa shape index (κ3) is 5.14. The fourth-order valence-electron chi connectivity index (χ4n) is 3.72. The SMILES string of the molecule is CC(C)c1ccc(N2CCNCC2COc2ccc(Oc3ccccc3)cc2)cc1. The summed E-state index contributed by atoms with van der Waals surface area (Å²) >= 11 is 0. The van der Waals surface area contributed by atoms with Gasteiger partial charge in [-0.25, -0.2) is 0 Å². The van der Waals surface area contributed by atoms with Crippen LogP contribution in [0, 0.1) is 0 Å². The van der Waals surface area contributed by atoms with Gasteiger partial charge in [0.1, 0.15) is 23.9 Å². The number of para-hydroxylation sites is 1. The molecule has 156 valence electrons. The number of benzene rings is 3. The second-order valence-electron chi connectivity index (χ2n) is 8.00. The minimum absolute atomic E-state index is 0.295. The van der Waals surface area contributed by atoms with Crippen LogP contribution in [0.25, 0.3) is 0 Å². The Hall–Kier alpha value is -2.98. The monoisotopic (exact) mass is 402 g/mol. The number of hydrogen-bond acceptors (Lipinski definition) is 4. The molecule has 30 heavy (non-hydrogen) atoms. The fraction of sp³-hybridized carbons (Fsp3) is 0.308. The fourth-order valence-corrected chi connectivity index (χ4v) is 3.72. The van der Waals surface area contributed by atoms with Crippen molar-refractivity contribution in [1.82, 2.24) is 5.32 Å². The second kappa shape index (κ2) is 9.68. The van der Waals surface area contributed by atoms with Gasteiger partial charge in [-0.1, -0.05) is 44.2 Å². The van der Waals surface area contributed by atoms with Crippen LogP contribution in [0.5, 0.6) is 17.2 Å². The lowest BCUT2D eigenvalue weighted by Crippen LogP contribution is -2.54. The zero-order valence-electron chi connectivity index (χ0n) is 17.8. The van der Waals surface area contributed by atoms with E-state index in [2.05, 4.69) is 48.3 Å². The molecule has 1 fully saturated rings. The highest BCUT2D eigenvalue weighted by Gasteiger charge is 2.23. The first-order valence-electron chi connectivity index (χ1n) is 10.7. The maximum atomic E-state index is 6.13. The lowest BCUT2D eigenvalue weighted by Gasteiger charge is -2.38. The Bertz CT molecular complexity index is 908. The molecule has 0 spiro atoms. The lowest BCUT2D eigenvalue weighted by molar-refractivity contribution is 0.267. The van der Waals surface area contributed by atoms with E-state index in [4.69, 9.17) is 9.47 Å². The molecule has 0 saturated carbocycles. The molecule has 4 nitrogen and oxygen atoms in total. The number of hydrogen-bond donors (Lipinski definition) is 1. The topological polar surface area (TPSA) is 33.7 Å². The Morgan fingerprint density at radius 1 is 0.867 bits per heavy atom. The lowest BCUT2D eigenvalue weighted by atomic mass is 10.0. The molecule has 3 aromatic carbocycles. The average Bonchev–Trinajstić information content (AvgIpc) is 2.80. The summed E-state index contributed by atoms with van der Waals surface area (Å²) in [6.07, 6.45) is 0. The Balaban J connectivity index is 1.36. The summed E-state index contributed by atoms with van der Waals surface area (Å²) in [5.41, 5.74) is 2.64. The highest BCUT2D eigenvalue weighted by molar-refractivity contribution is 5.50. The van der Waals surface area contributed by atoms with Crippen LogP contribution in [0.2, 0.25) is 0 Å². The minimum Gasteiger partial charge on any atom is -0.491 e. The van der Waals surface area contributed by atoms with Crippen LogP contribution in [-0.4, -0.2) is 32.3 Å². The normalized spacial score (nSPS) is 16.5. The van der Waals surface area contributed by atoms with E-state index in [9.17, 15) is 0 Å². The van der Waals surface area contributed by atoms with Crippen molar-refractivity contribution in [2.45, 2.75) is 25.8 Å². The van der Waals surface area contributed by atoms with Crippen molar-refractivity contribution in [3.8, 4) is 17.2 Å². The van der Waals surface area contributed by atoms with Gasteiger partial charge < -0.3 is 19.7 Å². The number of nitrogens with zero attached hydrogens (tertiary/aromatic N) is 1. The molecule has 0 aliphatic carbocycles. The molecule has 1 saturated heterocycles. The Kier molecular flexibility index (Phi) is 6.55. The van der Waals surface area contributed by atoms with E-state index in [0.717, 1.165) is 36.9 Å². The van der Waals surface area contributed by atoms with Crippen LogP contribution in [0.1, 0.15) is 25.3 Å². The van der Waals surface area contributed by atoms with Gasteiger partial charge in [0.05, 0.1) is 6.04 Å². The minimum atomic E-state index is 0.295. The average molecular weight is 403 g/mol. The quantitative estimate of drug-likeness (QED) is 0.569. The molecule has 1 aliphatic heterocycles. The summed E-state index contributed by atoms with van der Waals surface area (Å²) in [7, 11) is 0. The molecule has 4 heteroatoms. The summed E-state index contributed by atoms with van der Waals surface area (Å²) in [4.78, 5) is 2.45. The largest absolute Gasteiger partial charge is 0.491 e. The first kappa shape index (κ1) is 20.3. The molecule has 1 N–H and O–H groups in total. The van der Waals surface area contributed by atoms with E-state index >= 15 is 0 Å². The standard InChI is InChI=1S/C26H30N2O2/c1-20(2)21-8-10-22(11-9-21)28-17-16-27-18-23(28)19-29-24-12-14-26(15-13-24)30-25-6-4-3-5-7-25/h3-15,20,23,27H,16-19H2,1-2H3. The van der Waals surface area contributed by atoms with Crippen LogP contribution in [0.3, 0.4) is 0 Å². The molecule has 0 aromatic heterocycles. The van der Waals surface area contributed by atoms with Gasteiger partial charge in [0, 0.05) is 25.3 Å². The third-order valence-electron chi connectivity index (χ3n) is 5.49. The molecule has 1 atom stereocenters. The van der Waals surface area contributed by atoms with Crippen LogP contribution >= 0.6 is 0 Å². The molecule has 0 radical (unpaired) electrons. The highest BCUT2D eigenvalue weighted by atomic mass is 16.5. The van der Waals surface area contributed by atoms with E-state index in [1.54, 1.807) is 0 Å². The van der Waals surface area contributed by atoms with Crippen molar-refractivity contribution in [2.24, 2.45) is 0 Å². The number of nitrogens with one attached hydrogen (secondary N) is 1. The van der Waals surface area contributed by atoms with Gasteiger partial charge in [0.15, 0.2) is 0 Å². The van der Waals surface area contributed by atoms with Crippen molar-refractivity contribution in [2.75, 3.05) is 31.1 Å². The van der Waals surface area contributed by atoms with Crippen LogP contribution in [0.15, 0.2) is 78.9 Å². The molecule has 3 aromatic rings. The molecule has 4 rings (SSSR count). The van der Waals surface area contributed by atoms with Crippen LogP contribution in [0.4, 0.5) is 5.69 Å². The number of rotatable bonds is 7. The summed E-state index contributed by atoms with van der Waals surface area (Å²) in [5, 5.41) is 3.50. The molecular weight excluding hydrogens is 372 g/mol. The summed E-state index contributed by atoms with van der Waals surface area (Å²) in [6, 6.07) is 26.9. The molecule has 1 aliphatic rings. The highest BCUT2D eigenvalue weighted by Crippen LogP contribution is 2.25. The maximum Gasteiger partial charge on any atom is 0.127 e. The molecular formula is C26H30N2O2. The maximum absolute atomic E-state index is 6.13. The van der Waals surface area contributed by atoms with Crippen molar-refractivity contribution < 1.29 is 9.47 Å². The predicted molar refractivity (Wildman–Crippen MR) is 123 cm³/mol. The van der Waals surface area contributed by atoms with Gasteiger partial charge in [-0.15, -0.1) is 0 Å². The van der Waals surface area contributed by atoms with E-state index < -0.39 is 0 Å². The zero-order valence-corrected chi connectivity index (χ0v) is 17.8. The summed E-state index contributed by atoms with van der Waals surface area (Å²) in [6.45, 7) is 7.99. The molecule has 1 unspecified atom stereocenters. The van der Waals surface area contributed by atoms with Gasteiger partial charge in [0.2, 0.25) is 0 Å². The Morgan fingerprint density at radius 3 is 2.23 bits per heavy atom. The molecule has 0 amide bonds. The third-order valence-corrected chi connectivity index (χ3v) is 5.49. The van der Waals surface area contributed by atoms with Gasteiger partial charge >= 0.3 is 0 Å². The smallest absolute Gasteiger partial charge is 0.127 e. The Morgan fingerprint density at radius 2 is 1.53 bits per heavy atom. The number of piperazine rings is 1. The molecule has 1 heterocycles. The van der Waals surface area contributed by atoms with Crippen LogP contribution < -0.4 is 19.7 Å². The Labute approximate surface area is 179 Å². The summed E-state index contributed by atoms with van der Waals surface area (Å²) in [5.74, 6) is 3.05. The number of anilines is 1. The van der Waals surface area contributed by atoms with Gasteiger partial charge in [0.25, 0.3) is 0 Å². The van der Waals surface area contributed by atoms with E-state index in [1.807, 2.05) is 54.6 Å². The zero-order chi connectivity index (χ0) is 20.8. The van der Waals surface area contributed by atoms with Crippen molar-refractivity contribution >= 4 is 5.69 Å². The predicted octanol–water partition coefficient (Wildman–Crippen LogP) is 5.46. The van der Waals surface area contributed by atoms with Gasteiger partial charge in [-0.2, -0.15) is 0 Å². The van der Waals surface area contributed by atoms with E-state index in [-0.39, 0.29) is 0 Å². The first-order chi connectivity index (χ1) is 14.7. The van der Waals surface area contributed by atoms with Crippen molar-refractivity contribution in [3.05, 3.63) is 84.4 Å². The van der Waals surface area contributed by atoms with Gasteiger partial charge in [-0.05, 0) is 60.0 Å². The second-order valence-corrected chi connectivity index (χ2v) is 8.00. The van der Waals surface area contributed by atoms with E-state index in [0.29, 0.717) is 18.6 Å². The first-order valence-corrected chi connectivity index (χ1v) is 10.7. The van der Waals surface area contributed by atoms with E-state index in [1.165, 1.54) is 11.3 Å². The van der Waals surface area contributed by atoms with Crippen molar-refractivity contribution in [3.63, 3.8) is 0 Å². The van der Waals surface area contributed by atoms with Crippen molar-refractivity contribution in [1.29, 1.82) is 0 Å². The summed E-state index contributed by atoms with van der Waals surface area (Å²) < 4.78 is 12.0. The molecule has 0 bridgehead atoms. The van der Waals surface area contributed by atoms with Gasteiger partial charge in [-0.3, -0.25) is 0 Å². The number of ether oxygens (including phenoxy) is 2.